The molecule has 0 N–H and O–H groups in total. The fourth-order valence-corrected chi connectivity index (χ4v) is 1.74. The molecule has 0 saturated carbocycles. The molecular weight excluding hydrogens is 220 g/mol. The first-order valence-electron chi connectivity index (χ1n) is 6.14. The standard InChI is InChI=1S/C17H18O/c1-14(2)13-18-17-10-8-16(9-11-17)12-15-6-4-3-5-7-15/h3-11H,1,12-13H2,2H3. The summed E-state index contributed by atoms with van der Waals surface area (Å²) in [5.41, 5.74) is 3.65. The maximum Gasteiger partial charge on any atom is 0.119 e. The van der Waals surface area contributed by atoms with Gasteiger partial charge in [0.05, 0.1) is 0 Å². The summed E-state index contributed by atoms with van der Waals surface area (Å²) in [7, 11) is 0. The lowest BCUT2D eigenvalue weighted by atomic mass is 10.1. The Morgan fingerprint density at radius 2 is 1.56 bits per heavy atom. The summed E-state index contributed by atoms with van der Waals surface area (Å²) in [6.07, 6.45) is 0.960. The van der Waals surface area contributed by atoms with Crippen molar-refractivity contribution in [2.24, 2.45) is 0 Å². The van der Waals surface area contributed by atoms with Gasteiger partial charge in [-0.25, -0.2) is 0 Å². The van der Waals surface area contributed by atoms with E-state index in [1.807, 2.05) is 25.1 Å². The van der Waals surface area contributed by atoms with Crippen LogP contribution in [0.3, 0.4) is 0 Å². The fourth-order valence-electron chi connectivity index (χ4n) is 1.74. The van der Waals surface area contributed by atoms with Crippen molar-refractivity contribution in [1.82, 2.24) is 0 Å². The van der Waals surface area contributed by atoms with Crippen LogP contribution in [0.25, 0.3) is 0 Å². The second kappa shape index (κ2) is 6.06. The molecule has 0 atom stereocenters. The molecule has 0 saturated heterocycles. The zero-order chi connectivity index (χ0) is 12.8. The Hall–Kier alpha value is -2.02. The number of rotatable bonds is 5. The minimum absolute atomic E-state index is 0.581. The first-order valence-corrected chi connectivity index (χ1v) is 6.14. The quantitative estimate of drug-likeness (QED) is 0.708. The van der Waals surface area contributed by atoms with Crippen LogP contribution in [0.4, 0.5) is 0 Å². The topological polar surface area (TPSA) is 9.23 Å². The molecule has 92 valence electrons. The second-order valence-corrected chi connectivity index (χ2v) is 4.55. The summed E-state index contributed by atoms with van der Waals surface area (Å²) in [6.45, 7) is 6.36. The van der Waals surface area contributed by atoms with E-state index in [1.165, 1.54) is 11.1 Å². The Bertz CT molecular complexity index is 497. The van der Waals surface area contributed by atoms with Gasteiger partial charge in [-0.2, -0.15) is 0 Å². The minimum atomic E-state index is 0.581. The first-order chi connectivity index (χ1) is 8.74. The lowest BCUT2D eigenvalue weighted by Crippen LogP contribution is -1.97. The third-order valence-electron chi connectivity index (χ3n) is 2.66. The molecule has 1 nitrogen and oxygen atoms in total. The molecule has 0 aliphatic heterocycles. The molecule has 0 fully saturated rings. The van der Waals surface area contributed by atoms with Crippen LogP contribution in [-0.4, -0.2) is 6.61 Å². The van der Waals surface area contributed by atoms with Gasteiger partial charge >= 0.3 is 0 Å². The summed E-state index contributed by atoms with van der Waals surface area (Å²) < 4.78 is 5.57. The normalized spacial score (nSPS) is 10.1. The van der Waals surface area contributed by atoms with E-state index < -0.39 is 0 Å². The van der Waals surface area contributed by atoms with Crippen LogP contribution in [0, 0.1) is 0 Å². The van der Waals surface area contributed by atoms with E-state index in [0.717, 1.165) is 17.7 Å². The predicted octanol–water partition coefficient (Wildman–Crippen LogP) is 4.23. The molecular formula is C17H18O. The Labute approximate surface area is 109 Å². The van der Waals surface area contributed by atoms with Gasteiger partial charge in [0.1, 0.15) is 12.4 Å². The Morgan fingerprint density at radius 1 is 0.944 bits per heavy atom. The number of ether oxygens (including phenoxy) is 1. The van der Waals surface area contributed by atoms with Crippen molar-refractivity contribution < 1.29 is 4.74 Å². The van der Waals surface area contributed by atoms with E-state index in [0.29, 0.717) is 6.61 Å². The van der Waals surface area contributed by atoms with Crippen LogP contribution in [0.15, 0.2) is 66.7 Å². The van der Waals surface area contributed by atoms with E-state index in [9.17, 15) is 0 Å². The van der Waals surface area contributed by atoms with E-state index >= 15 is 0 Å². The molecule has 0 spiro atoms. The van der Waals surface area contributed by atoms with Gasteiger partial charge in [-0.3, -0.25) is 0 Å². The molecule has 2 aromatic rings. The highest BCUT2D eigenvalue weighted by Crippen LogP contribution is 2.15. The summed E-state index contributed by atoms with van der Waals surface area (Å²) in [5.74, 6) is 0.898. The highest BCUT2D eigenvalue weighted by Gasteiger charge is 1.97. The molecule has 0 aliphatic rings. The van der Waals surface area contributed by atoms with Crippen molar-refractivity contribution in [3.63, 3.8) is 0 Å². The Kier molecular flexibility index (Phi) is 4.19. The third-order valence-corrected chi connectivity index (χ3v) is 2.66. The SMILES string of the molecule is C=C(C)COc1ccc(Cc2ccccc2)cc1. The van der Waals surface area contributed by atoms with Gasteiger partial charge in [0.25, 0.3) is 0 Å². The van der Waals surface area contributed by atoms with Gasteiger partial charge in [0.15, 0.2) is 0 Å². The summed E-state index contributed by atoms with van der Waals surface area (Å²) in [4.78, 5) is 0. The Balaban J connectivity index is 1.97. The van der Waals surface area contributed by atoms with Crippen LogP contribution in [0.5, 0.6) is 5.75 Å². The van der Waals surface area contributed by atoms with Crippen LogP contribution in [0.2, 0.25) is 0 Å². The molecule has 0 bridgehead atoms. The van der Waals surface area contributed by atoms with Crippen molar-refractivity contribution in [2.45, 2.75) is 13.3 Å². The van der Waals surface area contributed by atoms with Crippen molar-refractivity contribution in [3.8, 4) is 5.75 Å². The van der Waals surface area contributed by atoms with Gasteiger partial charge in [-0.05, 0) is 42.2 Å². The molecule has 2 rings (SSSR count). The second-order valence-electron chi connectivity index (χ2n) is 4.55. The molecule has 0 aliphatic carbocycles. The average Bonchev–Trinajstić information content (AvgIpc) is 2.39. The number of benzene rings is 2. The zero-order valence-corrected chi connectivity index (χ0v) is 10.7. The van der Waals surface area contributed by atoms with Gasteiger partial charge in [-0.1, -0.05) is 49.0 Å². The highest BCUT2D eigenvalue weighted by atomic mass is 16.5. The number of hydrogen-bond acceptors (Lipinski definition) is 1. The lowest BCUT2D eigenvalue weighted by molar-refractivity contribution is 0.352. The summed E-state index contributed by atoms with van der Waals surface area (Å²) >= 11 is 0. The van der Waals surface area contributed by atoms with Gasteiger partial charge in [0.2, 0.25) is 0 Å². The molecule has 0 radical (unpaired) electrons. The maximum atomic E-state index is 5.57. The van der Waals surface area contributed by atoms with Crippen molar-refractivity contribution in [2.75, 3.05) is 6.61 Å². The van der Waals surface area contributed by atoms with E-state index in [-0.39, 0.29) is 0 Å². The molecule has 1 heteroatoms. The van der Waals surface area contributed by atoms with E-state index in [2.05, 4.69) is 43.0 Å². The molecule has 0 unspecified atom stereocenters. The smallest absolute Gasteiger partial charge is 0.119 e. The van der Waals surface area contributed by atoms with Crippen molar-refractivity contribution in [1.29, 1.82) is 0 Å². The third kappa shape index (κ3) is 3.77. The van der Waals surface area contributed by atoms with E-state index in [4.69, 9.17) is 4.74 Å². The minimum Gasteiger partial charge on any atom is -0.489 e. The van der Waals surface area contributed by atoms with Crippen molar-refractivity contribution in [3.05, 3.63) is 77.9 Å². The molecule has 0 heterocycles. The van der Waals surface area contributed by atoms with Crippen LogP contribution >= 0.6 is 0 Å². The van der Waals surface area contributed by atoms with Crippen LogP contribution in [0.1, 0.15) is 18.1 Å². The molecule has 18 heavy (non-hydrogen) atoms. The van der Waals surface area contributed by atoms with Crippen molar-refractivity contribution >= 4 is 0 Å². The van der Waals surface area contributed by atoms with E-state index in [1.54, 1.807) is 0 Å². The Morgan fingerprint density at radius 3 is 2.17 bits per heavy atom. The monoisotopic (exact) mass is 238 g/mol. The highest BCUT2D eigenvalue weighted by molar-refractivity contribution is 5.31. The zero-order valence-electron chi connectivity index (χ0n) is 10.7. The fraction of sp³-hybridized carbons (Fsp3) is 0.176. The summed E-state index contributed by atoms with van der Waals surface area (Å²) in [5, 5.41) is 0. The van der Waals surface area contributed by atoms with Gasteiger partial charge in [-0.15, -0.1) is 0 Å². The lowest BCUT2D eigenvalue weighted by Gasteiger charge is -2.07. The van der Waals surface area contributed by atoms with Crippen LogP contribution in [-0.2, 0) is 6.42 Å². The van der Waals surface area contributed by atoms with Gasteiger partial charge < -0.3 is 4.74 Å². The van der Waals surface area contributed by atoms with Crippen LogP contribution < -0.4 is 4.74 Å². The number of hydrogen-bond donors (Lipinski definition) is 0. The summed E-state index contributed by atoms with van der Waals surface area (Å²) in [6, 6.07) is 18.7. The average molecular weight is 238 g/mol. The largest absolute Gasteiger partial charge is 0.489 e. The first kappa shape index (κ1) is 12.4. The maximum absolute atomic E-state index is 5.57. The predicted molar refractivity (Wildman–Crippen MR) is 76.0 cm³/mol. The molecule has 0 amide bonds. The molecule has 0 aromatic heterocycles. The molecule has 2 aromatic carbocycles. The van der Waals surface area contributed by atoms with Gasteiger partial charge in [0, 0.05) is 0 Å².